The largest absolute Gasteiger partial charge is 0.0828 e. The Morgan fingerprint density at radius 1 is 0.647 bits per heavy atom. The van der Waals surface area contributed by atoms with Gasteiger partial charge in [-0.2, -0.15) is 0 Å². The van der Waals surface area contributed by atoms with Crippen LogP contribution in [0.3, 0.4) is 0 Å². The van der Waals surface area contributed by atoms with Crippen LogP contribution in [0.5, 0.6) is 0 Å². The predicted octanol–water partition coefficient (Wildman–Crippen LogP) is 4.74. The molecule has 0 saturated heterocycles. The zero-order chi connectivity index (χ0) is 13.6. The van der Waals surface area contributed by atoms with Crippen LogP contribution in [-0.2, 0) is 0 Å². The Morgan fingerprint density at radius 2 is 0.941 bits per heavy atom. The summed E-state index contributed by atoms with van der Waals surface area (Å²) < 4.78 is 0. The Labute approximate surface area is 121 Å². The van der Waals surface area contributed by atoms with Crippen molar-refractivity contribution in [2.45, 2.75) is 39.3 Å². The molecule has 0 spiro atoms. The first-order valence-corrected chi connectivity index (χ1v) is 13.8. The fourth-order valence-electron chi connectivity index (χ4n) is 1.70. The van der Waals surface area contributed by atoms with Crippen LogP contribution in [0.4, 0.5) is 0 Å². The first kappa shape index (κ1) is 15.6. The van der Waals surface area contributed by atoms with Crippen molar-refractivity contribution in [1.82, 2.24) is 0 Å². The molecule has 0 amide bonds. The van der Waals surface area contributed by atoms with Gasteiger partial charge in [0.2, 0.25) is 0 Å². The maximum absolute atomic E-state index is 6.34. The van der Waals surface area contributed by atoms with E-state index in [9.17, 15) is 0 Å². The van der Waals surface area contributed by atoms with Crippen molar-refractivity contribution >= 4 is 61.3 Å². The Balaban J connectivity index is 3.63. The molecular formula is C12H19Cl3Si2. The van der Waals surface area contributed by atoms with Crippen molar-refractivity contribution in [3.63, 3.8) is 0 Å². The molecule has 0 saturated carbocycles. The van der Waals surface area contributed by atoms with E-state index in [0.29, 0.717) is 15.1 Å². The lowest BCUT2D eigenvalue weighted by Crippen LogP contribution is -2.46. The molecule has 0 aliphatic rings. The lowest BCUT2D eigenvalue weighted by molar-refractivity contribution is 1.66. The van der Waals surface area contributed by atoms with Gasteiger partial charge in [-0.25, -0.2) is 0 Å². The predicted molar refractivity (Wildman–Crippen MR) is 87.4 cm³/mol. The highest BCUT2D eigenvalue weighted by molar-refractivity contribution is 6.93. The molecule has 1 rings (SSSR count). The number of benzene rings is 1. The lowest BCUT2D eigenvalue weighted by atomic mass is 10.3. The van der Waals surface area contributed by atoms with Crippen LogP contribution in [0.1, 0.15) is 0 Å². The van der Waals surface area contributed by atoms with E-state index in [1.54, 1.807) is 0 Å². The van der Waals surface area contributed by atoms with Gasteiger partial charge >= 0.3 is 0 Å². The third-order valence-corrected chi connectivity index (χ3v) is 8.46. The van der Waals surface area contributed by atoms with Crippen molar-refractivity contribution in [1.29, 1.82) is 0 Å². The second-order valence-electron chi connectivity index (χ2n) is 6.41. The quantitative estimate of drug-likeness (QED) is 0.544. The summed E-state index contributed by atoms with van der Waals surface area (Å²) in [5, 5.41) is 4.26. The summed E-state index contributed by atoms with van der Waals surface area (Å²) in [5.74, 6) is 0. The van der Waals surface area contributed by atoms with Crippen molar-refractivity contribution in [3.8, 4) is 0 Å². The van der Waals surface area contributed by atoms with E-state index in [1.807, 2.05) is 0 Å². The van der Waals surface area contributed by atoms with Crippen molar-refractivity contribution in [2.24, 2.45) is 0 Å². The minimum atomic E-state index is -1.50. The third-order valence-electron chi connectivity index (χ3n) is 2.76. The first-order valence-electron chi connectivity index (χ1n) is 5.64. The fraction of sp³-hybridized carbons (Fsp3) is 0.500. The van der Waals surface area contributed by atoms with Crippen molar-refractivity contribution < 1.29 is 0 Å². The molecule has 96 valence electrons. The van der Waals surface area contributed by atoms with Crippen LogP contribution in [0.2, 0.25) is 54.3 Å². The van der Waals surface area contributed by atoms with Crippen molar-refractivity contribution in [3.05, 3.63) is 21.1 Å². The summed E-state index contributed by atoms with van der Waals surface area (Å²) >= 11 is 19.0. The van der Waals surface area contributed by atoms with E-state index >= 15 is 0 Å². The molecule has 0 bridgehead atoms. The molecule has 0 atom stereocenters. The average molecular weight is 326 g/mol. The Hall–Kier alpha value is 0.524. The SMILES string of the molecule is C[Si](C)(C)c1cc([Si](C)(C)C)c(Cl)c(Cl)c1Cl. The van der Waals surface area contributed by atoms with Gasteiger partial charge in [0, 0.05) is 0 Å². The zero-order valence-electron chi connectivity index (χ0n) is 11.2. The van der Waals surface area contributed by atoms with Gasteiger partial charge in [0.05, 0.1) is 31.2 Å². The number of halogens is 3. The van der Waals surface area contributed by atoms with Gasteiger partial charge in [0.25, 0.3) is 0 Å². The van der Waals surface area contributed by atoms with E-state index in [-0.39, 0.29) is 0 Å². The Kier molecular flexibility index (Phi) is 4.49. The molecule has 0 heterocycles. The summed E-state index contributed by atoms with van der Waals surface area (Å²) in [7, 11) is -2.99. The van der Waals surface area contributed by atoms with Gasteiger partial charge in [-0.1, -0.05) is 80.2 Å². The maximum Gasteiger partial charge on any atom is 0.0796 e. The highest BCUT2D eigenvalue weighted by Crippen LogP contribution is 2.30. The zero-order valence-corrected chi connectivity index (χ0v) is 15.5. The van der Waals surface area contributed by atoms with Crippen LogP contribution in [0, 0.1) is 0 Å². The second kappa shape index (κ2) is 4.89. The number of hydrogen-bond donors (Lipinski definition) is 0. The average Bonchev–Trinajstić information content (AvgIpc) is 2.10. The highest BCUT2D eigenvalue weighted by Gasteiger charge is 2.28. The molecule has 0 nitrogen and oxygen atoms in total. The molecule has 0 unspecified atom stereocenters. The second-order valence-corrected chi connectivity index (χ2v) is 17.6. The standard InChI is InChI=1S/C12H19Cl3Si2/c1-16(2,3)8-7-9(17(4,5)6)11(14)12(15)10(8)13/h7H,1-6H3. The molecule has 17 heavy (non-hydrogen) atoms. The van der Waals surface area contributed by atoms with Crippen LogP contribution in [0.25, 0.3) is 0 Å². The van der Waals surface area contributed by atoms with Gasteiger partial charge in [-0.15, -0.1) is 0 Å². The Morgan fingerprint density at radius 3 is 1.18 bits per heavy atom. The summed E-state index contributed by atoms with van der Waals surface area (Å²) in [6, 6.07) is 2.20. The summed E-state index contributed by atoms with van der Waals surface area (Å²) in [6.45, 7) is 13.6. The van der Waals surface area contributed by atoms with Gasteiger partial charge < -0.3 is 0 Å². The highest BCUT2D eigenvalue weighted by atomic mass is 35.5. The molecule has 1 aromatic carbocycles. The van der Waals surface area contributed by atoms with Gasteiger partial charge in [0.1, 0.15) is 0 Å². The molecule has 5 heteroatoms. The molecule has 0 radical (unpaired) electrons. The minimum absolute atomic E-state index is 0.533. The fourth-order valence-corrected chi connectivity index (χ4v) is 6.97. The van der Waals surface area contributed by atoms with E-state index in [1.165, 1.54) is 10.4 Å². The minimum Gasteiger partial charge on any atom is -0.0828 e. The van der Waals surface area contributed by atoms with E-state index in [4.69, 9.17) is 34.8 Å². The van der Waals surface area contributed by atoms with Crippen LogP contribution >= 0.6 is 34.8 Å². The maximum atomic E-state index is 6.34. The first-order chi connectivity index (χ1) is 7.46. The van der Waals surface area contributed by atoms with Crippen LogP contribution in [-0.4, -0.2) is 16.1 Å². The Bertz CT molecular complexity index is 404. The van der Waals surface area contributed by atoms with Gasteiger partial charge in [-0.05, 0) is 10.4 Å². The molecular weight excluding hydrogens is 307 g/mol. The number of hydrogen-bond acceptors (Lipinski definition) is 0. The van der Waals surface area contributed by atoms with Gasteiger partial charge in [-0.3, -0.25) is 0 Å². The van der Waals surface area contributed by atoms with E-state index in [2.05, 4.69) is 45.3 Å². The molecule has 1 aromatic rings. The summed E-state index contributed by atoms with van der Waals surface area (Å²) in [6.07, 6.45) is 0. The molecule has 0 fully saturated rings. The topological polar surface area (TPSA) is 0 Å². The monoisotopic (exact) mass is 324 g/mol. The molecule has 0 aromatic heterocycles. The summed E-state index contributed by atoms with van der Waals surface area (Å²) in [4.78, 5) is 0. The van der Waals surface area contributed by atoms with Crippen LogP contribution < -0.4 is 10.4 Å². The normalized spacial score (nSPS) is 13.0. The van der Waals surface area contributed by atoms with E-state index < -0.39 is 16.1 Å². The van der Waals surface area contributed by atoms with Crippen LogP contribution in [0.15, 0.2) is 6.07 Å². The summed E-state index contributed by atoms with van der Waals surface area (Å²) in [5.41, 5.74) is 0. The number of rotatable bonds is 2. The van der Waals surface area contributed by atoms with Gasteiger partial charge in [0.15, 0.2) is 0 Å². The smallest absolute Gasteiger partial charge is 0.0796 e. The molecule has 0 aliphatic carbocycles. The molecule has 0 N–H and O–H groups in total. The molecule has 0 aliphatic heterocycles. The third kappa shape index (κ3) is 3.30. The van der Waals surface area contributed by atoms with Crippen molar-refractivity contribution in [2.75, 3.05) is 0 Å². The lowest BCUT2D eigenvalue weighted by Gasteiger charge is -2.26. The van der Waals surface area contributed by atoms with E-state index in [0.717, 1.165) is 0 Å².